The first-order valence-corrected chi connectivity index (χ1v) is 6.73. The van der Waals surface area contributed by atoms with Crippen LogP contribution in [0.15, 0.2) is 18.3 Å². The number of nitrogens with zero attached hydrogens (tertiary/aromatic N) is 4. The summed E-state index contributed by atoms with van der Waals surface area (Å²) < 4.78 is 12.8. The van der Waals surface area contributed by atoms with Crippen molar-refractivity contribution in [3.63, 3.8) is 0 Å². The number of imidazole rings is 1. The minimum absolute atomic E-state index is 0.518. The molecule has 0 bridgehead atoms. The van der Waals surface area contributed by atoms with E-state index in [4.69, 9.17) is 15.2 Å². The van der Waals surface area contributed by atoms with Crippen LogP contribution in [0.5, 0.6) is 11.5 Å². The molecule has 21 heavy (non-hydrogen) atoms. The molecule has 3 N–H and O–H groups in total. The second-order valence-electron chi connectivity index (χ2n) is 4.75. The van der Waals surface area contributed by atoms with Crippen LogP contribution >= 0.6 is 0 Å². The summed E-state index contributed by atoms with van der Waals surface area (Å²) in [6.45, 7) is 2.27. The van der Waals surface area contributed by atoms with Gasteiger partial charge in [0.05, 0.1) is 23.8 Å². The van der Waals surface area contributed by atoms with Gasteiger partial charge < -0.3 is 20.2 Å². The van der Waals surface area contributed by atoms with Crippen molar-refractivity contribution in [2.75, 3.05) is 19.8 Å². The molecule has 3 aromatic rings. The van der Waals surface area contributed by atoms with Gasteiger partial charge in [-0.1, -0.05) is 5.21 Å². The smallest absolute Gasteiger partial charge is 0.163 e. The van der Waals surface area contributed by atoms with Gasteiger partial charge in [-0.05, 0) is 0 Å². The average molecular weight is 286 g/mol. The van der Waals surface area contributed by atoms with E-state index >= 15 is 0 Å². The van der Waals surface area contributed by atoms with Crippen molar-refractivity contribution in [3.8, 4) is 23.0 Å². The molecule has 108 valence electrons. The molecule has 0 aliphatic carbocycles. The third kappa shape index (κ3) is 2.09. The maximum Gasteiger partial charge on any atom is 0.163 e. The molecule has 1 aromatic carbocycles. The lowest BCUT2D eigenvalue weighted by molar-refractivity contribution is 0.172. The number of benzene rings is 1. The number of nitrogens with one attached hydrogen (secondary N) is 1. The van der Waals surface area contributed by atoms with Crippen LogP contribution in [0.4, 0.5) is 0 Å². The first-order chi connectivity index (χ1) is 10.3. The molecule has 2 aromatic heterocycles. The number of ether oxygens (including phenoxy) is 2. The van der Waals surface area contributed by atoms with Gasteiger partial charge in [-0.3, -0.25) is 4.68 Å². The predicted molar refractivity (Wildman–Crippen MR) is 75.2 cm³/mol. The lowest BCUT2D eigenvalue weighted by Crippen LogP contribution is -2.15. The van der Waals surface area contributed by atoms with E-state index in [0.717, 1.165) is 22.5 Å². The Balaban J connectivity index is 1.75. The highest BCUT2D eigenvalue weighted by atomic mass is 16.6. The van der Waals surface area contributed by atoms with E-state index in [9.17, 15) is 0 Å². The highest BCUT2D eigenvalue weighted by Gasteiger charge is 2.16. The molecule has 0 spiro atoms. The van der Waals surface area contributed by atoms with Crippen molar-refractivity contribution in [1.82, 2.24) is 25.0 Å². The van der Waals surface area contributed by atoms with Gasteiger partial charge in [-0.25, -0.2) is 4.98 Å². The van der Waals surface area contributed by atoms with E-state index in [-0.39, 0.29) is 0 Å². The van der Waals surface area contributed by atoms with Crippen LogP contribution in [-0.4, -0.2) is 44.7 Å². The molecule has 0 saturated carbocycles. The molecule has 4 rings (SSSR count). The summed E-state index contributed by atoms with van der Waals surface area (Å²) in [4.78, 5) is 7.75. The number of hydrogen-bond donors (Lipinski definition) is 2. The van der Waals surface area contributed by atoms with Gasteiger partial charge in [0, 0.05) is 18.7 Å². The molecule has 0 saturated heterocycles. The summed E-state index contributed by atoms with van der Waals surface area (Å²) in [6.07, 6.45) is 1.82. The Morgan fingerprint density at radius 2 is 2.05 bits per heavy atom. The Hall–Kier alpha value is -2.61. The first kappa shape index (κ1) is 12.2. The standard InChI is InChI=1S/C13H14N6O2/c14-1-2-19-7-10(17-18-19)13-15-8-5-11-12(6-9(8)16-13)21-4-3-20-11/h5-7H,1-4,14H2,(H,15,16). The van der Waals surface area contributed by atoms with Crippen molar-refractivity contribution in [1.29, 1.82) is 0 Å². The summed E-state index contributed by atoms with van der Waals surface area (Å²) in [5, 5.41) is 8.11. The molecule has 8 nitrogen and oxygen atoms in total. The number of H-pyrrole nitrogens is 1. The minimum atomic E-state index is 0.518. The zero-order valence-corrected chi connectivity index (χ0v) is 11.2. The molecule has 0 atom stereocenters. The summed E-state index contributed by atoms with van der Waals surface area (Å²) in [6, 6.07) is 3.76. The van der Waals surface area contributed by atoms with Crippen molar-refractivity contribution >= 4 is 11.0 Å². The van der Waals surface area contributed by atoms with Crippen LogP contribution in [0, 0.1) is 0 Å². The second kappa shape index (κ2) is 4.74. The first-order valence-electron chi connectivity index (χ1n) is 6.73. The van der Waals surface area contributed by atoms with Crippen molar-refractivity contribution in [2.24, 2.45) is 5.73 Å². The molecule has 0 unspecified atom stereocenters. The SMILES string of the molecule is NCCn1cc(-c2nc3cc4c(cc3[nH]2)OCCO4)nn1. The Labute approximate surface area is 119 Å². The van der Waals surface area contributed by atoms with Crippen LogP contribution in [0.2, 0.25) is 0 Å². The van der Waals surface area contributed by atoms with Crippen LogP contribution in [0.25, 0.3) is 22.6 Å². The lowest BCUT2D eigenvalue weighted by atomic mass is 10.2. The maximum absolute atomic E-state index is 5.56. The quantitative estimate of drug-likeness (QED) is 0.728. The monoisotopic (exact) mass is 286 g/mol. The van der Waals surface area contributed by atoms with Crippen molar-refractivity contribution < 1.29 is 9.47 Å². The van der Waals surface area contributed by atoms with E-state index in [1.807, 2.05) is 18.3 Å². The summed E-state index contributed by atoms with van der Waals surface area (Å²) in [5.41, 5.74) is 7.87. The van der Waals surface area contributed by atoms with Crippen molar-refractivity contribution in [2.45, 2.75) is 6.54 Å². The molecule has 1 aliphatic heterocycles. The highest BCUT2D eigenvalue weighted by molar-refractivity contribution is 5.82. The molecule has 0 amide bonds. The Morgan fingerprint density at radius 1 is 1.24 bits per heavy atom. The van der Waals surface area contributed by atoms with Gasteiger partial charge in [-0.15, -0.1) is 5.10 Å². The van der Waals surface area contributed by atoms with Gasteiger partial charge in [0.15, 0.2) is 17.3 Å². The number of rotatable bonds is 3. The van der Waals surface area contributed by atoms with E-state index in [2.05, 4.69) is 20.3 Å². The van der Waals surface area contributed by atoms with E-state index < -0.39 is 0 Å². The van der Waals surface area contributed by atoms with Gasteiger partial charge in [0.2, 0.25) is 0 Å². The van der Waals surface area contributed by atoms with Crippen LogP contribution in [0.3, 0.4) is 0 Å². The summed E-state index contributed by atoms with van der Waals surface area (Å²) >= 11 is 0. The summed E-state index contributed by atoms with van der Waals surface area (Å²) in [5.74, 6) is 2.12. The molecular formula is C13H14N6O2. The fourth-order valence-corrected chi connectivity index (χ4v) is 2.32. The highest BCUT2D eigenvalue weighted by Crippen LogP contribution is 2.34. The zero-order chi connectivity index (χ0) is 14.2. The van der Waals surface area contributed by atoms with Gasteiger partial charge in [-0.2, -0.15) is 0 Å². The van der Waals surface area contributed by atoms with E-state index in [1.165, 1.54) is 0 Å². The molecule has 0 fully saturated rings. The topological polar surface area (TPSA) is 104 Å². The largest absolute Gasteiger partial charge is 0.486 e. The van der Waals surface area contributed by atoms with Crippen LogP contribution in [0.1, 0.15) is 0 Å². The minimum Gasteiger partial charge on any atom is -0.486 e. The van der Waals surface area contributed by atoms with Gasteiger partial charge in [0.1, 0.15) is 18.9 Å². The molecule has 3 heterocycles. The van der Waals surface area contributed by atoms with Crippen LogP contribution < -0.4 is 15.2 Å². The Kier molecular flexibility index (Phi) is 2.74. The molecule has 8 heteroatoms. The lowest BCUT2D eigenvalue weighted by Gasteiger charge is -2.17. The van der Waals surface area contributed by atoms with Crippen LogP contribution in [-0.2, 0) is 6.54 Å². The maximum atomic E-state index is 5.56. The third-order valence-corrected chi connectivity index (χ3v) is 3.29. The second-order valence-corrected chi connectivity index (χ2v) is 4.75. The fraction of sp³-hybridized carbons (Fsp3) is 0.308. The van der Waals surface area contributed by atoms with Gasteiger partial charge in [0.25, 0.3) is 0 Å². The normalized spacial score (nSPS) is 13.8. The molecular weight excluding hydrogens is 272 g/mol. The molecule has 0 radical (unpaired) electrons. The van der Waals surface area contributed by atoms with E-state index in [1.54, 1.807) is 4.68 Å². The number of nitrogens with two attached hydrogens (primary N) is 1. The predicted octanol–water partition coefficient (Wildman–Crippen LogP) is 0.551. The number of fused-ring (bicyclic) bond motifs is 2. The summed E-state index contributed by atoms with van der Waals surface area (Å²) in [7, 11) is 0. The number of aromatic amines is 1. The van der Waals surface area contributed by atoms with Crippen molar-refractivity contribution in [3.05, 3.63) is 18.3 Å². The zero-order valence-electron chi connectivity index (χ0n) is 11.2. The number of aromatic nitrogens is 5. The van der Waals surface area contributed by atoms with Gasteiger partial charge >= 0.3 is 0 Å². The third-order valence-electron chi connectivity index (χ3n) is 3.29. The van der Waals surface area contributed by atoms with E-state index in [0.29, 0.717) is 37.8 Å². The fourth-order valence-electron chi connectivity index (χ4n) is 2.32. The average Bonchev–Trinajstić information content (AvgIpc) is 3.11. The number of hydrogen-bond acceptors (Lipinski definition) is 6. The molecule has 1 aliphatic rings. The Morgan fingerprint density at radius 3 is 2.86 bits per heavy atom. The Bertz CT molecular complexity index is 750.